The van der Waals surface area contributed by atoms with Crippen LogP contribution in [0.3, 0.4) is 0 Å². The molecule has 0 aromatic rings. The first kappa shape index (κ1) is 13.9. The molecule has 1 fully saturated rings. The fourth-order valence-electron chi connectivity index (χ4n) is 1.65. The zero-order chi connectivity index (χ0) is 13.1. The van der Waals surface area contributed by atoms with Crippen LogP contribution >= 0.6 is 0 Å². The number of nitrogens with zero attached hydrogens (tertiary/aromatic N) is 1. The summed E-state index contributed by atoms with van der Waals surface area (Å²) >= 11 is 0. The molecule has 1 saturated heterocycles. The van der Waals surface area contributed by atoms with Gasteiger partial charge in [0, 0.05) is 6.54 Å². The maximum atomic E-state index is 11.6. The molecule has 1 atom stereocenters. The Balaban J connectivity index is 2.54. The Morgan fingerprint density at radius 2 is 2.18 bits per heavy atom. The molecule has 8 nitrogen and oxygen atoms in total. The van der Waals surface area contributed by atoms with Gasteiger partial charge in [0.25, 0.3) is 5.91 Å². The smallest absolute Gasteiger partial charge is 0.261 e. The van der Waals surface area contributed by atoms with Crippen LogP contribution in [-0.2, 0) is 24.4 Å². The van der Waals surface area contributed by atoms with Crippen LogP contribution in [0, 0.1) is 0 Å². The quantitative estimate of drug-likeness (QED) is 0.554. The normalized spacial score (nSPS) is 21.4. The molecule has 0 aliphatic carbocycles. The summed E-state index contributed by atoms with van der Waals surface area (Å²) in [5.41, 5.74) is 6.82. The molecule has 1 aliphatic rings. The summed E-state index contributed by atoms with van der Waals surface area (Å²) in [4.78, 5) is 26.5. The predicted molar refractivity (Wildman–Crippen MR) is 57.9 cm³/mol. The molecule has 1 unspecified atom stereocenters. The van der Waals surface area contributed by atoms with E-state index >= 15 is 0 Å². The van der Waals surface area contributed by atoms with Crippen LogP contribution < -0.4 is 11.2 Å². The Kier molecular flexibility index (Phi) is 4.43. The van der Waals surface area contributed by atoms with Crippen molar-refractivity contribution < 1.29 is 22.8 Å². The van der Waals surface area contributed by atoms with Crippen molar-refractivity contribution in [2.75, 3.05) is 19.4 Å². The van der Waals surface area contributed by atoms with Gasteiger partial charge in [-0.3, -0.25) is 14.4 Å². The lowest BCUT2D eigenvalue weighted by atomic mass is 10.2. The topological polar surface area (TPSA) is 119 Å². The highest BCUT2D eigenvalue weighted by atomic mass is 32.2. The molecular weight excluding hydrogens is 250 g/mol. The zero-order valence-electron chi connectivity index (χ0n) is 9.38. The molecule has 0 saturated carbocycles. The SMILES string of the molecule is CS(=O)(=O)N1CCCC1C(=O)NOCC(N)=O. The molecule has 1 aliphatic heterocycles. The van der Waals surface area contributed by atoms with E-state index < -0.39 is 34.5 Å². The zero-order valence-corrected chi connectivity index (χ0v) is 10.2. The third-order valence-electron chi connectivity index (χ3n) is 2.32. The van der Waals surface area contributed by atoms with Crippen LogP contribution in [0.2, 0.25) is 0 Å². The van der Waals surface area contributed by atoms with E-state index in [4.69, 9.17) is 5.73 Å². The third kappa shape index (κ3) is 3.95. The van der Waals surface area contributed by atoms with Gasteiger partial charge in [0.2, 0.25) is 15.9 Å². The summed E-state index contributed by atoms with van der Waals surface area (Å²) < 4.78 is 23.8. The second-order valence-corrected chi connectivity index (χ2v) is 5.69. The molecule has 0 aromatic heterocycles. The van der Waals surface area contributed by atoms with Gasteiger partial charge in [-0.1, -0.05) is 0 Å². The number of hydrogen-bond acceptors (Lipinski definition) is 5. The standard InChI is InChI=1S/C8H15N3O5S/c1-17(14,15)11-4-2-3-6(11)8(13)10-16-5-7(9)12/h6H,2-5H2,1H3,(H2,9,12)(H,10,13). The Hall–Kier alpha value is -1.19. The summed E-state index contributed by atoms with van der Waals surface area (Å²) in [5.74, 6) is -1.31. The lowest BCUT2D eigenvalue weighted by Crippen LogP contribution is -2.46. The fraction of sp³-hybridized carbons (Fsp3) is 0.750. The Bertz CT molecular complexity index is 407. The molecule has 0 aromatic carbocycles. The highest BCUT2D eigenvalue weighted by Gasteiger charge is 2.36. The molecule has 0 radical (unpaired) electrons. The second kappa shape index (κ2) is 5.43. The molecule has 3 N–H and O–H groups in total. The average molecular weight is 265 g/mol. The van der Waals surface area contributed by atoms with Gasteiger partial charge in [0.1, 0.15) is 6.04 Å². The molecule has 0 bridgehead atoms. The number of primary amides is 1. The minimum atomic E-state index is -3.41. The van der Waals surface area contributed by atoms with Crippen molar-refractivity contribution in [2.24, 2.45) is 5.73 Å². The summed E-state index contributed by atoms with van der Waals surface area (Å²) in [6.07, 6.45) is 2.09. The number of carbonyl (C=O) groups excluding carboxylic acids is 2. The van der Waals surface area contributed by atoms with E-state index in [1.807, 2.05) is 5.48 Å². The number of hydrogen-bond donors (Lipinski definition) is 2. The van der Waals surface area contributed by atoms with Gasteiger partial charge in [0.05, 0.1) is 6.26 Å². The van der Waals surface area contributed by atoms with Crippen molar-refractivity contribution >= 4 is 21.8 Å². The third-order valence-corrected chi connectivity index (χ3v) is 3.61. The molecule has 17 heavy (non-hydrogen) atoms. The first-order valence-corrected chi connectivity index (χ1v) is 6.84. The molecule has 1 rings (SSSR count). The van der Waals surface area contributed by atoms with E-state index in [0.29, 0.717) is 19.4 Å². The summed E-state index contributed by atoms with van der Waals surface area (Å²) in [6.45, 7) is -0.135. The van der Waals surface area contributed by atoms with Gasteiger partial charge in [-0.25, -0.2) is 13.9 Å². The Morgan fingerprint density at radius 3 is 2.71 bits per heavy atom. The maximum Gasteiger partial charge on any atom is 0.261 e. The van der Waals surface area contributed by atoms with Crippen molar-refractivity contribution in [3.8, 4) is 0 Å². The summed E-state index contributed by atoms with van der Waals surface area (Å²) in [5, 5.41) is 0. The molecule has 98 valence electrons. The van der Waals surface area contributed by atoms with Crippen LogP contribution in [0.25, 0.3) is 0 Å². The van der Waals surface area contributed by atoms with E-state index in [9.17, 15) is 18.0 Å². The Morgan fingerprint density at radius 1 is 1.53 bits per heavy atom. The monoisotopic (exact) mass is 265 g/mol. The van der Waals surface area contributed by atoms with Crippen molar-refractivity contribution in [1.82, 2.24) is 9.79 Å². The van der Waals surface area contributed by atoms with Gasteiger partial charge in [-0.15, -0.1) is 0 Å². The van der Waals surface area contributed by atoms with Crippen LogP contribution in [-0.4, -0.2) is 50.0 Å². The summed E-state index contributed by atoms with van der Waals surface area (Å²) in [6, 6.07) is -0.780. The van der Waals surface area contributed by atoms with Crippen LogP contribution in [0.1, 0.15) is 12.8 Å². The van der Waals surface area contributed by atoms with Crippen LogP contribution in [0.5, 0.6) is 0 Å². The number of hydroxylamine groups is 1. The van der Waals surface area contributed by atoms with Crippen LogP contribution in [0.15, 0.2) is 0 Å². The fourth-order valence-corrected chi connectivity index (χ4v) is 2.77. The van der Waals surface area contributed by atoms with Gasteiger partial charge in [-0.2, -0.15) is 4.31 Å². The Labute approximate surface area is 99.1 Å². The van der Waals surface area contributed by atoms with Gasteiger partial charge in [0.15, 0.2) is 6.61 Å². The average Bonchev–Trinajstić information content (AvgIpc) is 2.64. The number of carbonyl (C=O) groups is 2. The number of sulfonamides is 1. The first-order valence-electron chi connectivity index (χ1n) is 4.99. The van der Waals surface area contributed by atoms with Crippen molar-refractivity contribution in [3.63, 3.8) is 0 Å². The first-order chi connectivity index (χ1) is 7.82. The number of rotatable bonds is 5. The summed E-state index contributed by atoms with van der Waals surface area (Å²) in [7, 11) is -3.41. The predicted octanol–water partition coefficient (Wildman–Crippen LogP) is -2.06. The highest BCUT2D eigenvalue weighted by Crippen LogP contribution is 2.20. The van der Waals surface area contributed by atoms with E-state index in [2.05, 4.69) is 4.84 Å². The number of amides is 2. The minimum Gasteiger partial charge on any atom is -0.368 e. The van der Waals surface area contributed by atoms with E-state index in [1.165, 1.54) is 0 Å². The highest BCUT2D eigenvalue weighted by molar-refractivity contribution is 7.88. The lowest BCUT2D eigenvalue weighted by molar-refractivity contribution is -0.140. The molecular formula is C8H15N3O5S. The minimum absolute atomic E-state index is 0.312. The molecule has 9 heteroatoms. The largest absolute Gasteiger partial charge is 0.368 e. The lowest BCUT2D eigenvalue weighted by Gasteiger charge is -2.20. The van der Waals surface area contributed by atoms with Crippen molar-refractivity contribution in [1.29, 1.82) is 0 Å². The van der Waals surface area contributed by atoms with Gasteiger partial charge >= 0.3 is 0 Å². The van der Waals surface area contributed by atoms with Crippen molar-refractivity contribution in [2.45, 2.75) is 18.9 Å². The number of nitrogens with one attached hydrogen (secondary N) is 1. The van der Waals surface area contributed by atoms with Crippen LogP contribution in [0.4, 0.5) is 0 Å². The number of nitrogens with two attached hydrogens (primary N) is 1. The van der Waals surface area contributed by atoms with Crippen molar-refractivity contribution in [3.05, 3.63) is 0 Å². The van der Waals surface area contributed by atoms with Gasteiger partial charge in [-0.05, 0) is 12.8 Å². The molecule has 1 heterocycles. The van der Waals surface area contributed by atoms with E-state index in [0.717, 1.165) is 10.6 Å². The molecule has 2 amide bonds. The molecule has 0 spiro atoms. The second-order valence-electron chi connectivity index (χ2n) is 3.75. The van der Waals surface area contributed by atoms with E-state index in [-0.39, 0.29) is 0 Å². The van der Waals surface area contributed by atoms with Gasteiger partial charge < -0.3 is 5.73 Å². The van der Waals surface area contributed by atoms with E-state index in [1.54, 1.807) is 0 Å². The maximum absolute atomic E-state index is 11.6.